The fourth-order valence-corrected chi connectivity index (χ4v) is 1.60. The van der Waals surface area contributed by atoms with Gasteiger partial charge >= 0.3 is 0 Å². The molecule has 0 aliphatic heterocycles. The Hall–Kier alpha value is -1.02. The second kappa shape index (κ2) is 5.76. The lowest BCUT2D eigenvalue weighted by molar-refractivity contribution is 0.0987. The Kier molecular flexibility index (Phi) is 5.37. The first-order valence-corrected chi connectivity index (χ1v) is 4.88. The van der Waals surface area contributed by atoms with E-state index in [9.17, 15) is 4.79 Å². The molecule has 84 valence electrons. The summed E-state index contributed by atoms with van der Waals surface area (Å²) in [7, 11) is 3.98. The zero-order chi connectivity index (χ0) is 10.7. The molecular formula is C12H18ClNO. The molecule has 1 aromatic rings. The van der Waals surface area contributed by atoms with Crippen LogP contribution in [-0.4, -0.2) is 19.9 Å². The lowest BCUT2D eigenvalue weighted by Gasteiger charge is -2.17. The first-order chi connectivity index (χ1) is 6.57. The first kappa shape index (κ1) is 14.0. The number of halogens is 1. The number of hydrogen-bond donors (Lipinski definition) is 0. The van der Waals surface area contributed by atoms with E-state index < -0.39 is 0 Å². The Balaban J connectivity index is 0.00000196. The summed E-state index contributed by atoms with van der Waals surface area (Å²) in [5.74, 6) is 0.214. The molecule has 2 nitrogen and oxygen atoms in total. The molecule has 0 radical (unpaired) electrons. The summed E-state index contributed by atoms with van der Waals surface area (Å²) in [5.41, 5.74) is 3.03. The topological polar surface area (TPSA) is 20.3 Å². The van der Waals surface area contributed by atoms with Crippen molar-refractivity contribution >= 4 is 23.9 Å². The molecule has 0 aromatic heterocycles. The number of anilines is 1. The highest BCUT2D eigenvalue weighted by Crippen LogP contribution is 2.22. The van der Waals surface area contributed by atoms with Crippen molar-refractivity contribution < 1.29 is 4.79 Å². The summed E-state index contributed by atoms with van der Waals surface area (Å²) in [6.07, 6.45) is 0.567. The summed E-state index contributed by atoms with van der Waals surface area (Å²) in [4.78, 5) is 13.6. The van der Waals surface area contributed by atoms with Crippen molar-refractivity contribution in [2.75, 3.05) is 19.0 Å². The number of rotatable bonds is 3. The van der Waals surface area contributed by atoms with E-state index >= 15 is 0 Å². The standard InChI is InChI=1S/C12H17NO.ClH/c1-5-12(14)10-7-6-8-11(9(10)2)13(3)4;/h6-8H,5H2,1-4H3;1H. The molecule has 3 heteroatoms. The molecule has 1 aromatic carbocycles. The molecule has 0 fully saturated rings. The molecule has 1 rings (SSSR count). The third kappa shape index (κ3) is 2.96. The van der Waals surface area contributed by atoms with E-state index in [1.54, 1.807) is 0 Å². The highest BCUT2D eigenvalue weighted by atomic mass is 35.5. The summed E-state index contributed by atoms with van der Waals surface area (Å²) in [6, 6.07) is 5.86. The Morgan fingerprint density at radius 1 is 1.33 bits per heavy atom. The Labute approximate surface area is 97.7 Å². The van der Waals surface area contributed by atoms with Gasteiger partial charge in [0.15, 0.2) is 5.78 Å². The van der Waals surface area contributed by atoms with Crippen molar-refractivity contribution in [3.63, 3.8) is 0 Å². The van der Waals surface area contributed by atoms with E-state index in [1.165, 1.54) is 0 Å². The van der Waals surface area contributed by atoms with Gasteiger partial charge in [0.25, 0.3) is 0 Å². The average molecular weight is 228 g/mol. The van der Waals surface area contributed by atoms with Crippen LogP contribution in [0.3, 0.4) is 0 Å². The molecule has 0 amide bonds. The molecule has 0 atom stereocenters. The maximum atomic E-state index is 11.6. The van der Waals surface area contributed by atoms with Crippen molar-refractivity contribution in [2.45, 2.75) is 20.3 Å². The van der Waals surface area contributed by atoms with Crippen LogP contribution in [0.5, 0.6) is 0 Å². The Bertz CT molecular complexity index is 347. The molecule has 0 N–H and O–H groups in total. The number of hydrogen-bond acceptors (Lipinski definition) is 2. The van der Waals surface area contributed by atoms with Crippen LogP contribution in [0.1, 0.15) is 29.3 Å². The third-order valence-corrected chi connectivity index (χ3v) is 2.41. The molecular weight excluding hydrogens is 210 g/mol. The van der Waals surface area contributed by atoms with Crippen LogP contribution in [0, 0.1) is 6.92 Å². The Morgan fingerprint density at radius 2 is 1.93 bits per heavy atom. The van der Waals surface area contributed by atoms with Gasteiger partial charge in [0.2, 0.25) is 0 Å². The predicted octanol–water partition coefficient (Wildman–Crippen LogP) is 3.08. The van der Waals surface area contributed by atoms with Gasteiger partial charge in [-0.05, 0) is 18.6 Å². The van der Waals surface area contributed by atoms with Gasteiger partial charge in [-0.25, -0.2) is 0 Å². The quantitative estimate of drug-likeness (QED) is 0.740. The van der Waals surface area contributed by atoms with Gasteiger partial charge in [-0.15, -0.1) is 12.4 Å². The zero-order valence-corrected chi connectivity index (χ0v) is 10.5. The summed E-state index contributed by atoms with van der Waals surface area (Å²) >= 11 is 0. The van der Waals surface area contributed by atoms with Crippen molar-refractivity contribution in [3.8, 4) is 0 Å². The van der Waals surface area contributed by atoms with Gasteiger partial charge in [-0.3, -0.25) is 4.79 Å². The molecule has 0 bridgehead atoms. The molecule has 0 saturated heterocycles. The zero-order valence-electron chi connectivity index (χ0n) is 9.70. The average Bonchev–Trinajstić information content (AvgIpc) is 2.16. The fraction of sp³-hybridized carbons (Fsp3) is 0.417. The van der Waals surface area contributed by atoms with Crippen molar-refractivity contribution in [1.29, 1.82) is 0 Å². The van der Waals surface area contributed by atoms with Crippen molar-refractivity contribution in [3.05, 3.63) is 29.3 Å². The van der Waals surface area contributed by atoms with Gasteiger partial charge in [0, 0.05) is 31.8 Å². The van der Waals surface area contributed by atoms with Crippen LogP contribution in [0.2, 0.25) is 0 Å². The largest absolute Gasteiger partial charge is 0.377 e. The number of carbonyl (C=O) groups excluding carboxylic acids is 1. The maximum Gasteiger partial charge on any atom is 0.162 e. The molecule has 0 aliphatic carbocycles. The predicted molar refractivity (Wildman–Crippen MR) is 67.4 cm³/mol. The molecule has 0 unspecified atom stereocenters. The minimum Gasteiger partial charge on any atom is -0.377 e. The van der Waals surface area contributed by atoms with E-state index in [2.05, 4.69) is 0 Å². The second-order valence-electron chi connectivity index (χ2n) is 3.62. The lowest BCUT2D eigenvalue weighted by atomic mass is 10.0. The van der Waals surface area contributed by atoms with E-state index in [1.807, 2.05) is 51.0 Å². The number of ketones is 1. The highest BCUT2D eigenvalue weighted by Gasteiger charge is 2.10. The lowest BCUT2D eigenvalue weighted by Crippen LogP contribution is -2.12. The highest BCUT2D eigenvalue weighted by molar-refractivity contribution is 5.98. The minimum absolute atomic E-state index is 0. The van der Waals surface area contributed by atoms with Crippen molar-refractivity contribution in [1.82, 2.24) is 0 Å². The molecule has 0 spiro atoms. The maximum absolute atomic E-state index is 11.6. The van der Waals surface area contributed by atoms with Crippen LogP contribution < -0.4 is 4.90 Å². The van der Waals surface area contributed by atoms with Gasteiger partial charge in [-0.2, -0.15) is 0 Å². The van der Waals surface area contributed by atoms with E-state index in [0.29, 0.717) is 6.42 Å². The van der Waals surface area contributed by atoms with Crippen LogP contribution in [0.4, 0.5) is 5.69 Å². The fourth-order valence-electron chi connectivity index (χ4n) is 1.60. The molecule has 0 heterocycles. The monoisotopic (exact) mass is 227 g/mol. The van der Waals surface area contributed by atoms with E-state index in [4.69, 9.17) is 0 Å². The minimum atomic E-state index is 0. The van der Waals surface area contributed by atoms with Gasteiger partial charge in [0.05, 0.1) is 0 Å². The van der Waals surface area contributed by atoms with Gasteiger partial charge in [-0.1, -0.05) is 19.1 Å². The number of benzene rings is 1. The van der Waals surface area contributed by atoms with Crippen LogP contribution >= 0.6 is 12.4 Å². The first-order valence-electron chi connectivity index (χ1n) is 4.88. The molecule has 15 heavy (non-hydrogen) atoms. The van der Waals surface area contributed by atoms with Crippen LogP contribution in [-0.2, 0) is 0 Å². The molecule has 0 saturated carbocycles. The summed E-state index contributed by atoms with van der Waals surface area (Å²) in [6.45, 7) is 3.89. The third-order valence-electron chi connectivity index (χ3n) is 2.41. The summed E-state index contributed by atoms with van der Waals surface area (Å²) in [5, 5.41) is 0. The normalized spacial score (nSPS) is 9.33. The van der Waals surface area contributed by atoms with Gasteiger partial charge in [0.1, 0.15) is 0 Å². The smallest absolute Gasteiger partial charge is 0.162 e. The van der Waals surface area contributed by atoms with E-state index in [0.717, 1.165) is 16.8 Å². The van der Waals surface area contributed by atoms with Crippen molar-refractivity contribution in [2.24, 2.45) is 0 Å². The van der Waals surface area contributed by atoms with Crippen LogP contribution in [0.25, 0.3) is 0 Å². The number of Topliss-reactive ketones (excluding diaryl/α,β-unsaturated/α-hetero) is 1. The van der Waals surface area contributed by atoms with E-state index in [-0.39, 0.29) is 18.2 Å². The van der Waals surface area contributed by atoms with Gasteiger partial charge < -0.3 is 4.90 Å². The number of carbonyl (C=O) groups is 1. The SMILES string of the molecule is CCC(=O)c1cccc(N(C)C)c1C.Cl. The number of nitrogens with zero attached hydrogens (tertiary/aromatic N) is 1. The van der Waals surface area contributed by atoms with Crippen LogP contribution in [0.15, 0.2) is 18.2 Å². The molecule has 0 aliphatic rings. The Morgan fingerprint density at radius 3 is 2.40 bits per heavy atom. The summed E-state index contributed by atoms with van der Waals surface area (Å²) < 4.78 is 0. The second-order valence-corrected chi connectivity index (χ2v) is 3.62.